The van der Waals surface area contributed by atoms with Gasteiger partial charge in [-0.3, -0.25) is 4.79 Å². The average molecular weight is 389 g/mol. The number of carbonyl (C=O) groups excluding carboxylic acids is 1. The first-order valence-electron chi connectivity index (χ1n) is 10.2. The highest BCUT2D eigenvalue weighted by Gasteiger charge is 2.14. The molecule has 0 unspecified atom stereocenters. The van der Waals surface area contributed by atoms with Crippen molar-refractivity contribution in [1.82, 2.24) is 14.9 Å². The minimum atomic E-state index is 0.0627. The van der Waals surface area contributed by atoms with Gasteiger partial charge in [0, 0.05) is 36.0 Å². The van der Waals surface area contributed by atoms with Crippen molar-refractivity contribution in [3.63, 3.8) is 0 Å². The molecule has 0 fully saturated rings. The molecular formula is C24H28N4O. The van der Waals surface area contributed by atoms with Gasteiger partial charge in [-0.2, -0.15) is 0 Å². The fourth-order valence-corrected chi connectivity index (χ4v) is 3.20. The predicted octanol–water partition coefficient (Wildman–Crippen LogP) is 5.46. The topological polar surface area (TPSA) is 58.1 Å². The Morgan fingerprint density at radius 1 is 1.03 bits per heavy atom. The van der Waals surface area contributed by atoms with Crippen LogP contribution in [0.5, 0.6) is 0 Å². The van der Waals surface area contributed by atoms with Crippen molar-refractivity contribution in [3.8, 4) is 11.3 Å². The minimum Gasteiger partial charge on any atom is -0.340 e. The standard InChI is InChI=1S/C24H28N4O/c1-4-6-13-28(5-2)24(29)20-11-8-12-21(15-20)27-23-16-22(25-17-26-23)19-10-7-9-18(3)14-19/h7-12,14-17H,4-6,13H2,1-3H3,(H,25,26,27). The second-order valence-corrected chi connectivity index (χ2v) is 7.10. The number of hydrogen-bond acceptors (Lipinski definition) is 4. The SMILES string of the molecule is CCCCN(CC)C(=O)c1cccc(Nc2cc(-c3cccc(C)c3)ncn2)c1. The number of rotatable bonds is 8. The van der Waals surface area contributed by atoms with Gasteiger partial charge in [0.25, 0.3) is 5.91 Å². The molecule has 29 heavy (non-hydrogen) atoms. The van der Waals surface area contributed by atoms with Gasteiger partial charge in [0.1, 0.15) is 12.1 Å². The van der Waals surface area contributed by atoms with Crippen molar-refractivity contribution in [2.45, 2.75) is 33.6 Å². The van der Waals surface area contributed by atoms with Gasteiger partial charge in [0.15, 0.2) is 0 Å². The van der Waals surface area contributed by atoms with Gasteiger partial charge < -0.3 is 10.2 Å². The lowest BCUT2D eigenvalue weighted by molar-refractivity contribution is 0.0762. The summed E-state index contributed by atoms with van der Waals surface area (Å²) in [5.74, 6) is 0.757. The minimum absolute atomic E-state index is 0.0627. The normalized spacial score (nSPS) is 10.6. The summed E-state index contributed by atoms with van der Waals surface area (Å²) >= 11 is 0. The number of aromatic nitrogens is 2. The van der Waals surface area contributed by atoms with E-state index in [-0.39, 0.29) is 5.91 Å². The van der Waals surface area contributed by atoms with Gasteiger partial charge in [-0.25, -0.2) is 9.97 Å². The zero-order valence-corrected chi connectivity index (χ0v) is 17.4. The van der Waals surface area contributed by atoms with E-state index in [9.17, 15) is 4.79 Å². The van der Waals surface area contributed by atoms with E-state index in [1.807, 2.05) is 54.3 Å². The molecule has 0 bridgehead atoms. The zero-order valence-electron chi connectivity index (χ0n) is 17.4. The zero-order chi connectivity index (χ0) is 20.6. The van der Waals surface area contributed by atoms with Crippen molar-refractivity contribution in [3.05, 3.63) is 72.1 Å². The molecule has 0 saturated heterocycles. The number of aryl methyl sites for hydroxylation is 1. The van der Waals surface area contributed by atoms with Crippen LogP contribution in [0.15, 0.2) is 60.9 Å². The van der Waals surface area contributed by atoms with Crippen molar-refractivity contribution >= 4 is 17.4 Å². The van der Waals surface area contributed by atoms with Crippen LogP contribution in [-0.2, 0) is 0 Å². The van der Waals surface area contributed by atoms with E-state index in [1.54, 1.807) is 6.33 Å². The van der Waals surface area contributed by atoms with E-state index in [0.717, 1.165) is 36.3 Å². The molecule has 0 spiro atoms. The molecule has 2 aromatic carbocycles. The average Bonchev–Trinajstić information content (AvgIpc) is 2.74. The molecule has 1 amide bonds. The summed E-state index contributed by atoms with van der Waals surface area (Å²) in [6.07, 6.45) is 3.64. The summed E-state index contributed by atoms with van der Waals surface area (Å²) in [7, 11) is 0. The quantitative estimate of drug-likeness (QED) is 0.557. The number of amides is 1. The number of carbonyl (C=O) groups is 1. The Morgan fingerprint density at radius 3 is 2.62 bits per heavy atom. The van der Waals surface area contributed by atoms with Crippen LogP contribution in [-0.4, -0.2) is 33.9 Å². The monoisotopic (exact) mass is 388 g/mol. The highest BCUT2D eigenvalue weighted by molar-refractivity contribution is 5.95. The van der Waals surface area contributed by atoms with E-state index in [1.165, 1.54) is 5.56 Å². The van der Waals surface area contributed by atoms with Crippen molar-refractivity contribution in [1.29, 1.82) is 0 Å². The first-order valence-corrected chi connectivity index (χ1v) is 10.2. The summed E-state index contributed by atoms with van der Waals surface area (Å²) in [5, 5.41) is 3.30. The number of anilines is 2. The fraction of sp³-hybridized carbons (Fsp3) is 0.292. The highest BCUT2D eigenvalue weighted by Crippen LogP contribution is 2.22. The lowest BCUT2D eigenvalue weighted by atomic mass is 10.1. The van der Waals surface area contributed by atoms with Crippen LogP contribution in [0.25, 0.3) is 11.3 Å². The maximum Gasteiger partial charge on any atom is 0.253 e. The highest BCUT2D eigenvalue weighted by atomic mass is 16.2. The Balaban J connectivity index is 1.78. The lowest BCUT2D eigenvalue weighted by Gasteiger charge is -2.21. The molecule has 0 aliphatic heterocycles. The Kier molecular flexibility index (Phi) is 6.95. The summed E-state index contributed by atoms with van der Waals surface area (Å²) in [6.45, 7) is 7.71. The fourth-order valence-electron chi connectivity index (χ4n) is 3.20. The Bertz CT molecular complexity index is 970. The molecule has 150 valence electrons. The number of benzene rings is 2. The maximum absolute atomic E-state index is 12.8. The number of nitrogens with zero attached hydrogens (tertiary/aromatic N) is 3. The Labute approximate surface area is 172 Å². The summed E-state index contributed by atoms with van der Waals surface area (Å²) in [6, 6.07) is 17.7. The largest absolute Gasteiger partial charge is 0.340 e. The third-order valence-electron chi connectivity index (χ3n) is 4.81. The molecule has 3 rings (SSSR count). The van der Waals surface area contributed by atoms with Crippen LogP contribution >= 0.6 is 0 Å². The number of hydrogen-bond donors (Lipinski definition) is 1. The molecule has 0 radical (unpaired) electrons. The second-order valence-electron chi connectivity index (χ2n) is 7.10. The lowest BCUT2D eigenvalue weighted by Crippen LogP contribution is -2.31. The van der Waals surface area contributed by atoms with Gasteiger partial charge in [-0.15, -0.1) is 0 Å². The van der Waals surface area contributed by atoms with Crippen LogP contribution in [0, 0.1) is 6.92 Å². The number of unbranched alkanes of at least 4 members (excludes halogenated alkanes) is 1. The molecule has 0 atom stereocenters. The third-order valence-corrected chi connectivity index (χ3v) is 4.81. The van der Waals surface area contributed by atoms with Gasteiger partial charge in [0.2, 0.25) is 0 Å². The van der Waals surface area contributed by atoms with Crippen molar-refractivity contribution in [2.24, 2.45) is 0 Å². The van der Waals surface area contributed by atoms with E-state index in [2.05, 4.69) is 41.3 Å². The molecule has 0 saturated carbocycles. The summed E-state index contributed by atoms with van der Waals surface area (Å²) in [5.41, 5.74) is 4.60. The van der Waals surface area contributed by atoms with Crippen LogP contribution in [0.1, 0.15) is 42.6 Å². The van der Waals surface area contributed by atoms with Crippen LogP contribution in [0.2, 0.25) is 0 Å². The predicted molar refractivity (Wildman–Crippen MR) is 118 cm³/mol. The smallest absolute Gasteiger partial charge is 0.253 e. The third kappa shape index (κ3) is 5.41. The molecule has 5 heteroatoms. The second kappa shape index (κ2) is 9.82. The molecule has 1 aromatic heterocycles. The van der Waals surface area contributed by atoms with Crippen LogP contribution < -0.4 is 5.32 Å². The van der Waals surface area contributed by atoms with E-state index in [4.69, 9.17) is 0 Å². The molecule has 0 aliphatic rings. The van der Waals surface area contributed by atoms with Gasteiger partial charge >= 0.3 is 0 Å². The van der Waals surface area contributed by atoms with Crippen molar-refractivity contribution in [2.75, 3.05) is 18.4 Å². The Morgan fingerprint density at radius 2 is 1.86 bits per heavy atom. The molecule has 3 aromatic rings. The number of nitrogens with one attached hydrogen (secondary N) is 1. The van der Waals surface area contributed by atoms with Gasteiger partial charge in [0.05, 0.1) is 5.69 Å². The first-order chi connectivity index (χ1) is 14.1. The van der Waals surface area contributed by atoms with E-state index in [0.29, 0.717) is 17.9 Å². The van der Waals surface area contributed by atoms with Crippen LogP contribution in [0.3, 0.4) is 0 Å². The van der Waals surface area contributed by atoms with Gasteiger partial charge in [-0.05, 0) is 44.5 Å². The molecule has 1 heterocycles. The van der Waals surface area contributed by atoms with E-state index >= 15 is 0 Å². The molecule has 1 N–H and O–H groups in total. The maximum atomic E-state index is 12.8. The molecule has 0 aliphatic carbocycles. The first kappa shape index (κ1) is 20.5. The Hall–Kier alpha value is -3.21. The molecular weight excluding hydrogens is 360 g/mol. The summed E-state index contributed by atoms with van der Waals surface area (Å²) in [4.78, 5) is 23.4. The van der Waals surface area contributed by atoms with Crippen molar-refractivity contribution < 1.29 is 4.79 Å². The van der Waals surface area contributed by atoms with Gasteiger partial charge in [-0.1, -0.05) is 43.2 Å². The molecule has 5 nitrogen and oxygen atoms in total. The van der Waals surface area contributed by atoms with E-state index < -0.39 is 0 Å². The summed E-state index contributed by atoms with van der Waals surface area (Å²) < 4.78 is 0. The van der Waals surface area contributed by atoms with Crippen LogP contribution in [0.4, 0.5) is 11.5 Å².